The lowest BCUT2D eigenvalue weighted by atomic mass is 9.86. The van der Waals surface area contributed by atoms with Crippen LogP contribution >= 0.6 is 0 Å². The quantitative estimate of drug-likeness (QED) is 0.363. The van der Waals surface area contributed by atoms with E-state index in [1.807, 2.05) is 4.90 Å². The van der Waals surface area contributed by atoms with Crippen LogP contribution in [0.15, 0.2) is 0 Å². The summed E-state index contributed by atoms with van der Waals surface area (Å²) in [5.41, 5.74) is 0. The van der Waals surface area contributed by atoms with E-state index in [1.165, 1.54) is 0 Å². The van der Waals surface area contributed by atoms with Crippen LogP contribution in [0.3, 0.4) is 0 Å². The first kappa shape index (κ1) is 10.3. The molecule has 0 bridgehead atoms. The van der Waals surface area contributed by atoms with Gasteiger partial charge in [-0.15, -0.1) is 0 Å². The fourth-order valence-electron chi connectivity index (χ4n) is 2.41. The highest BCUT2D eigenvalue weighted by atomic mass is 16.4. The van der Waals surface area contributed by atoms with Crippen LogP contribution < -0.4 is 0 Å². The lowest BCUT2D eigenvalue weighted by molar-refractivity contribution is -0.154. The summed E-state index contributed by atoms with van der Waals surface area (Å²) in [7, 11) is 0. The van der Waals surface area contributed by atoms with Crippen molar-refractivity contribution in [2.45, 2.75) is 43.3 Å². The second kappa shape index (κ2) is 3.75. The van der Waals surface area contributed by atoms with Gasteiger partial charge in [0.15, 0.2) is 0 Å². The topological polar surface area (TPSA) is 84.2 Å². The van der Waals surface area contributed by atoms with E-state index in [0.29, 0.717) is 25.9 Å². The van der Waals surface area contributed by atoms with E-state index in [2.05, 4.69) is 0 Å². The maximum Gasteiger partial charge on any atom is 0.108 e. The Labute approximate surface area is 82.6 Å². The molecule has 0 amide bonds. The Hall–Kier alpha value is -0.200. The van der Waals surface area contributed by atoms with Crippen LogP contribution in [0.2, 0.25) is 0 Å². The van der Waals surface area contributed by atoms with Crippen molar-refractivity contribution in [2.75, 3.05) is 13.1 Å². The summed E-state index contributed by atoms with van der Waals surface area (Å²) in [6, 6.07) is -0.211. The zero-order valence-corrected chi connectivity index (χ0v) is 7.95. The molecule has 2 aliphatic heterocycles. The van der Waals surface area contributed by atoms with Gasteiger partial charge >= 0.3 is 0 Å². The van der Waals surface area contributed by atoms with Crippen molar-refractivity contribution >= 4 is 0 Å². The molecule has 82 valence electrons. The molecule has 0 aromatic rings. The number of aliphatic hydroxyl groups excluding tert-OH is 4. The van der Waals surface area contributed by atoms with Gasteiger partial charge in [-0.3, -0.25) is 4.90 Å². The van der Waals surface area contributed by atoms with Crippen molar-refractivity contribution in [1.29, 1.82) is 0 Å². The number of nitrogens with zero attached hydrogens (tertiary/aromatic N) is 1. The van der Waals surface area contributed by atoms with Crippen LogP contribution in [0.5, 0.6) is 0 Å². The SMILES string of the molecule is O[C@H]1CCN2C[C@@H](O)[C@H](O)[C@@H](O)[C@H]2C1. The summed E-state index contributed by atoms with van der Waals surface area (Å²) in [6.07, 6.45) is -2.16. The molecule has 0 aliphatic carbocycles. The minimum atomic E-state index is -1.08. The predicted molar refractivity (Wildman–Crippen MR) is 48.6 cm³/mol. The zero-order valence-electron chi connectivity index (χ0n) is 7.95. The second-order valence-corrected chi connectivity index (χ2v) is 4.29. The lowest BCUT2D eigenvalue weighted by Gasteiger charge is -2.47. The van der Waals surface area contributed by atoms with Gasteiger partial charge in [0.1, 0.15) is 6.10 Å². The maximum absolute atomic E-state index is 9.70. The number of hydrogen-bond acceptors (Lipinski definition) is 5. The molecule has 0 radical (unpaired) electrons. The molecule has 2 fully saturated rings. The highest BCUT2D eigenvalue weighted by Gasteiger charge is 2.43. The first-order chi connectivity index (χ1) is 6.59. The molecule has 5 nitrogen and oxygen atoms in total. The molecule has 2 heterocycles. The molecule has 2 aliphatic rings. The van der Waals surface area contributed by atoms with E-state index in [9.17, 15) is 20.4 Å². The van der Waals surface area contributed by atoms with Gasteiger partial charge in [0.25, 0.3) is 0 Å². The number of aliphatic hydroxyl groups is 4. The standard InChI is InChI=1S/C9H17NO4/c11-5-1-2-10-4-7(12)9(14)8(13)6(10)3-5/h5-9,11-14H,1-4H2/t5-,6+,7+,8-,9-/m0/s1. The Balaban J connectivity index is 2.08. The lowest BCUT2D eigenvalue weighted by Crippen LogP contribution is -2.63. The van der Waals surface area contributed by atoms with Gasteiger partial charge in [-0.2, -0.15) is 0 Å². The maximum atomic E-state index is 9.70. The molecule has 14 heavy (non-hydrogen) atoms. The molecular formula is C9H17NO4. The second-order valence-electron chi connectivity index (χ2n) is 4.29. The van der Waals surface area contributed by atoms with Gasteiger partial charge in [-0.25, -0.2) is 0 Å². The molecule has 2 rings (SSSR count). The Kier molecular flexibility index (Phi) is 2.77. The summed E-state index contributed by atoms with van der Waals surface area (Å²) in [5.74, 6) is 0. The van der Waals surface area contributed by atoms with Crippen LogP contribution in [0, 0.1) is 0 Å². The van der Waals surface area contributed by atoms with E-state index in [0.717, 1.165) is 0 Å². The summed E-state index contributed by atoms with van der Waals surface area (Å²) in [5, 5.41) is 38.0. The van der Waals surface area contributed by atoms with Gasteiger partial charge in [-0.05, 0) is 12.8 Å². The molecule has 4 N–H and O–H groups in total. The van der Waals surface area contributed by atoms with E-state index < -0.39 is 24.4 Å². The summed E-state index contributed by atoms with van der Waals surface area (Å²) >= 11 is 0. The van der Waals surface area contributed by atoms with Crippen molar-refractivity contribution in [3.05, 3.63) is 0 Å². The number of hydrogen-bond donors (Lipinski definition) is 4. The molecule has 2 saturated heterocycles. The van der Waals surface area contributed by atoms with Crippen LogP contribution in [0.4, 0.5) is 0 Å². The van der Waals surface area contributed by atoms with Gasteiger partial charge in [0.05, 0.1) is 18.3 Å². The van der Waals surface area contributed by atoms with E-state index >= 15 is 0 Å². The smallest absolute Gasteiger partial charge is 0.108 e. The number of piperidine rings is 2. The highest BCUT2D eigenvalue weighted by Crippen LogP contribution is 2.27. The zero-order chi connectivity index (χ0) is 10.3. The third kappa shape index (κ3) is 1.66. The average Bonchev–Trinajstić information content (AvgIpc) is 2.16. The largest absolute Gasteiger partial charge is 0.393 e. The van der Waals surface area contributed by atoms with Crippen molar-refractivity contribution in [3.8, 4) is 0 Å². The first-order valence-electron chi connectivity index (χ1n) is 5.06. The van der Waals surface area contributed by atoms with E-state index in [1.54, 1.807) is 0 Å². The van der Waals surface area contributed by atoms with Crippen molar-refractivity contribution in [1.82, 2.24) is 4.90 Å². The van der Waals surface area contributed by atoms with Gasteiger partial charge in [0, 0.05) is 19.1 Å². The Morgan fingerprint density at radius 2 is 1.71 bits per heavy atom. The minimum absolute atomic E-state index is 0.211. The average molecular weight is 203 g/mol. The minimum Gasteiger partial charge on any atom is -0.393 e. The normalized spacial score (nSPS) is 50.1. The molecule has 0 aromatic heterocycles. The molecule has 0 aromatic carbocycles. The Bertz CT molecular complexity index is 211. The molecule has 5 atom stereocenters. The Morgan fingerprint density at radius 1 is 1.00 bits per heavy atom. The highest BCUT2D eigenvalue weighted by molar-refractivity contribution is 4.97. The van der Waals surface area contributed by atoms with Gasteiger partial charge in [0.2, 0.25) is 0 Å². The Morgan fingerprint density at radius 3 is 2.43 bits per heavy atom. The molecule has 5 heteroatoms. The monoisotopic (exact) mass is 203 g/mol. The third-order valence-corrected chi connectivity index (χ3v) is 3.29. The van der Waals surface area contributed by atoms with Gasteiger partial charge in [-0.1, -0.05) is 0 Å². The van der Waals surface area contributed by atoms with Crippen LogP contribution in [0.25, 0.3) is 0 Å². The predicted octanol–water partition coefficient (Wildman–Crippen LogP) is -2.09. The van der Waals surface area contributed by atoms with Crippen molar-refractivity contribution in [3.63, 3.8) is 0 Å². The molecule has 0 saturated carbocycles. The molecular weight excluding hydrogens is 186 g/mol. The number of rotatable bonds is 0. The number of fused-ring (bicyclic) bond motifs is 1. The van der Waals surface area contributed by atoms with Crippen LogP contribution in [-0.2, 0) is 0 Å². The van der Waals surface area contributed by atoms with Crippen LogP contribution in [0.1, 0.15) is 12.8 Å². The fourth-order valence-corrected chi connectivity index (χ4v) is 2.41. The first-order valence-corrected chi connectivity index (χ1v) is 5.06. The van der Waals surface area contributed by atoms with Crippen LogP contribution in [-0.4, -0.2) is 68.9 Å². The van der Waals surface area contributed by atoms with Gasteiger partial charge < -0.3 is 20.4 Å². The van der Waals surface area contributed by atoms with E-state index in [4.69, 9.17) is 0 Å². The summed E-state index contributed by atoms with van der Waals surface area (Å²) < 4.78 is 0. The summed E-state index contributed by atoms with van der Waals surface area (Å²) in [4.78, 5) is 1.94. The molecule has 0 spiro atoms. The third-order valence-electron chi connectivity index (χ3n) is 3.29. The van der Waals surface area contributed by atoms with Crippen molar-refractivity contribution < 1.29 is 20.4 Å². The summed E-state index contributed by atoms with van der Waals surface area (Å²) in [6.45, 7) is 1.06. The fraction of sp³-hybridized carbons (Fsp3) is 1.00. The van der Waals surface area contributed by atoms with Crippen molar-refractivity contribution in [2.24, 2.45) is 0 Å². The molecule has 0 unspecified atom stereocenters. The van der Waals surface area contributed by atoms with E-state index in [-0.39, 0.29) is 6.04 Å².